The number of oxime groups is 1. The summed E-state index contributed by atoms with van der Waals surface area (Å²) >= 11 is 12.4. The molecule has 0 spiro atoms. The Bertz CT molecular complexity index is 1570. The molecule has 1 atom stereocenters. The van der Waals surface area contributed by atoms with E-state index in [1.54, 1.807) is 12.1 Å². The lowest BCUT2D eigenvalue weighted by Gasteiger charge is -2.22. The number of pyridine rings is 1. The van der Waals surface area contributed by atoms with E-state index in [-0.39, 0.29) is 5.91 Å². The minimum atomic E-state index is -0.919. The van der Waals surface area contributed by atoms with Crippen molar-refractivity contribution in [2.45, 2.75) is 32.1 Å². The van der Waals surface area contributed by atoms with Crippen LogP contribution in [0.15, 0.2) is 72.0 Å². The molecule has 2 aromatic heterocycles. The average molecular weight is 534 g/mol. The molecular weight excluding hydrogens is 512 g/mol. The highest BCUT2D eigenvalue weighted by atomic mass is 35.5. The van der Waals surface area contributed by atoms with Gasteiger partial charge in [-0.15, -0.1) is 0 Å². The number of hydrogen-bond acceptors (Lipinski definition) is 5. The van der Waals surface area contributed by atoms with E-state index < -0.39 is 12.7 Å². The summed E-state index contributed by atoms with van der Waals surface area (Å²) in [6.07, 6.45) is 2.37. The van der Waals surface area contributed by atoms with Crippen molar-refractivity contribution in [1.82, 2.24) is 9.72 Å². The van der Waals surface area contributed by atoms with E-state index in [0.29, 0.717) is 35.3 Å². The molecule has 10 heteroatoms. The van der Waals surface area contributed by atoms with Gasteiger partial charge in [0.2, 0.25) is 0 Å². The molecule has 0 bridgehead atoms. The van der Waals surface area contributed by atoms with Crippen LogP contribution in [0, 0.1) is 0 Å². The van der Waals surface area contributed by atoms with Crippen LogP contribution in [-0.4, -0.2) is 28.2 Å². The third kappa shape index (κ3) is 4.40. The second kappa shape index (κ2) is 9.22. The summed E-state index contributed by atoms with van der Waals surface area (Å²) in [5.41, 5.74) is 5.72. The number of amides is 1. The van der Waals surface area contributed by atoms with E-state index in [9.17, 15) is 9.82 Å². The molecule has 0 aliphatic carbocycles. The molecule has 2 N–H and O–H groups in total. The molecule has 7 nitrogen and oxygen atoms in total. The number of aromatic nitrogens is 1. The van der Waals surface area contributed by atoms with Crippen LogP contribution in [0.1, 0.15) is 46.1 Å². The van der Waals surface area contributed by atoms with Gasteiger partial charge < -0.3 is 24.2 Å². The smallest absolute Gasteiger partial charge is 0.423 e. The first-order valence-corrected chi connectivity index (χ1v) is 12.6. The van der Waals surface area contributed by atoms with Crippen molar-refractivity contribution in [3.8, 4) is 0 Å². The van der Waals surface area contributed by atoms with Crippen molar-refractivity contribution in [1.29, 1.82) is 0 Å². The minimum Gasteiger partial charge on any atom is -0.423 e. The number of carbonyl (C=O) groups is 1. The van der Waals surface area contributed by atoms with E-state index in [2.05, 4.69) is 10.5 Å². The Morgan fingerprint density at radius 3 is 2.78 bits per heavy atom. The number of nitrogens with one attached hydrogen (secondary N) is 1. The largest absolute Gasteiger partial charge is 0.491 e. The Hall–Kier alpha value is -3.30. The van der Waals surface area contributed by atoms with E-state index in [0.717, 1.165) is 38.9 Å². The topological polar surface area (TPSA) is 84.6 Å². The Kier molecular flexibility index (Phi) is 6.00. The lowest BCUT2D eigenvalue weighted by molar-refractivity contribution is -0.00737. The highest BCUT2D eigenvalue weighted by molar-refractivity contribution is 6.61. The van der Waals surface area contributed by atoms with Crippen molar-refractivity contribution in [2.24, 2.45) is 5.16 Å². The molecule has 0 saturated heterocycles. The van der Waals surface area contributed by atoms with Gasteiger partial charge in [-0.3, -0.25) is 4.79 Å². The first-order valence-electron chi connectivity index (χ1n) is 11.8. The predicted octanol–water partition coefficient (Wildman–Crippen LogP) is 4.43. The molecule has 186 valence electrons. The van der Waals surface area contributed by atoms with Gasteiger partial charge in [-0.1, -0.05) is 46.6 Å². The number of fused-ring (bicyclic) bond motifs is 2. The standard InChI is InChI=1S/C27H22BCl2N3O4/c1-27(18-10-19(29)12-20(30)11-18)13-23(32-37-27)21-6-7-25(33-8-2-3-24(21)33)26(34)31-14-16-4-5-17-15-36-28(35)22(17)9-16/h2-12,35H,13-15H2,1H3,(H,31,34). The summed E-state index contributed by atoms with van der Waals surface area (Å²) in [7, 11) is -0.919. The van der Waals surface area contributed by atoms with E-state index in [4.69, 9.17) is 32.7 Å². The molecule has 0 radical (unpaired) electrons. The third-order valence-electron chi connectivity index (χ3n) is 6.90. The fourth-order valence-electron chi connectivity index (χ4n) is 4.91. The normalized spacial score (nSPS) is 18.6. The number of carbonyl (C=O) groups excluding carboxylic acids is 1. The lowest BCUT2D eigenvalue weighted by atomic mass is 9.79. The molecule has 0 fully saturated rings. The van der Waals surface area contributed by atoms with Gasteiger partial charge in [0.15, 0.2) is 5.60 Å². The molecule has 2 aromatic carbocycles. The van der Waals surface area contributed by atoms with Crippen LogP contribution in [0.25, 0.3) is 5.52 Å². The summed E-state index contributed by atoms with van der Waals surface area (Å²) in [5.74, 6) is -0.215. The molecule has 1 unspecified atom stereocenters. The molecule has 1 amide bonds. The van der Waals surface area contributed by atoms with Crippen molar-refractivity contribution < 1.29 is 19.3 Å². The van der Waals surface area contributed by atoms with Crippen LogP contribution >= 0.6 is 23.2 Å². The Morgan fingerprint density at radius 2 is 1.97 bits per heavy atom. The van der Waals surface area contributed by atoms with Gasteiger partial charge in [0.1, 0.15) is 5.69 Å². The average Bonchev–Trinajstić information content (AvgIpc) is 3.61. The molecule has 37 heavy (non-hydrogen) atoms. The van der Waals surface area contributed by atoms with Gasteiger partial charge in [-0.2, -0.15) is 0 Å². The molecule has 6 rings (SSSR count). The fourth-order valence-corrected chi connectivity index (χ4v) is 5.44. The molecule has 2 aliphatic rings. The van der Waals surface area contributed by atoms with E-state index in [1.165, 1.54) is 0 Å². The first kappa shape index (κ1) is 24.1. The maximum atomic E-state index is 13.1. The monoisotopic (exact) mass is 533 g/mol. The summed E-state index contributed by atoms with van der Waals surface area (Å²) in [5, 5.41) is 18.4. The van der Waals surface area contributed by atoms with Crippen LogP contribution in [0.3, 0.4) is 0 Å². The number of halogens is 2. The van der Waals surface area contributed by atoms with Gasteiger partial charge in [-0.05, 0) is 66.0 Å². The maximum Gasteiger partial charge on any atom is 0.491 e. The Balaban J connectivity index is 1.22. The Morgan fingerprint density at radius 1 is 1.16 bits per heavy atom. The zero-order chi connectivity index (χ0) is 25.7. The molecule has 4 aromatic rings. The van der Waals surface area contributed by atoms with E-state index in [1.807, 2.05) is 66.1 Å². The molecular formula is C27H22BCl2N3O4. The SMILES string of the molecule is CC1(c2cc(Cl)cc(Cl)c2)CC(c2ccc(C(=O)NCc3ccc4c(c3)B(O)OC4)n3cccc23)=NO1. The molecule has 0 saturated carbocycles. The summed E-state index contributed by atoms with van der Waals surface area (Å²) in [6, 6.07) is 18.6. The van der Waals surface area contributed by atoms with E-state index >= 15 is 0 Å². The number of nitrogens with zero attached hydrogens (tertiary/aromatic N) is 2. The van der Waals surface area contributed by atoms with Gasteiger partial charge in [0.25, 0.3) is 5.91 Å². The van der Waals surface area contributed by atoms with Crippen LogP contribution in [0.4, 0.5) is 0 Å². The van der Waals surface area contributed by atoms with Crippen molar-refractivity contribution in [3.63, 3.8) is 0 Å². The first-order chi connectivity index (χ1) is 17.8. The third-order valence-corrected chi connectivity index (χ3v) is 7.33. The highest BCUT2D eigenvalue weighted by Crippen LogP contribution is 2.39. The Labute approximate surface area is 223 Å². The van der Waals surface area contributed by atoms with Crippen LogP contribution in [0.2, 0.25) is 10.0 Å². The fraction of sp³-hybridized carbons (Fsp3) is 0.185. The van der Waals surface area contributed by atoms with Gasteiger partial charge >= 0.3 is 7.12 Å². The van der Waals surface area contributed by atoms with Gasteiger partial charge in [0, 0.05) is 40.3 Å². The molecule has 4 heterocycles. The lowest BCUT2D eigenvalue weighted by Crippen LogP contribution is -2.30. The van der Waals surface area contributed by atoms with Crippen LogP contribution in [-0.2, 0) is 28.2 Å². The highest BCUT2D eigenvalue weighted by Gasteiger charge is 2.38. The second-order valence-corrected chi connectivity index (χ2v) is 10.3. The summed E-state index contributed by atoms with van der Waals surface area (Å²) < 4.78 is 7.10. The van der Waals surface area contributed by atoms with Gasteiger partial charge in [0.05, 0.1) is 17.8 Å². The van der Waals surface area contributed by atoms with Gasteiger partial charge in [-0.25, -0.2) is 0 Å². The number of benzene rings is 2. The number of hydrogen-bond donors (Lipinski definition) is 2. The number of rotatable bonds is 5. The summed E-state index contributed by atoms with van der Waals surface area (Å²) in [4.78, 5) is 19.0. The van der Waals surface area contributed by atoms with Crippen molar-refractivity contribution in [3.05, 3.63) is 105 Å². The zero-order valence-electron chi connectivity index (χ0n) is 19.9. The van der Waals surface area contributed by atoms with Crippen LogP contribution < -0.4 is 10.8 Å². The minimum absolute atomic E-state index is 0.215. The quantitative estimate of drug-likeness (QED) is 0.371. The summed E-state index contributed by atoms with van der Waals surface area (Å²) in [6.45, 7) is 2.67. The molecule has 2 aliphatic heterocycles. The zero-order valence-corrected chi connectivity index (χ0v) is 21.4. The van der Waals surface area contributed by atoms with Crippen molar-refractivity contribution in [2.75, 3.05) is 0 Å². The second-order valence-electron chi connectivity index (χ2n) is 9.47. The van der Waals surface area contributed by atoms with Crippen molar-refractivity contribution >= 4 is 52.9 Å². The predicted molar refractivity (Wildman–Crippen MR) is 143 cm³/mol. The van der Waals surface area contributed by atoms with Crippen LogP contribution in [0.5, 0.6) is 0 Å². The maximum absolute atomic E-state index is 13.1.